The van der Waals surface area contributed by atoms with Gasteiger partial charge in [0.1, 0.15) is 11.8 Å². The van der Waals surface area contributed by atoms with Crippen LogP contribution in [-0.2, 0) is 17.6 Å². The van der Waals surface area contributed by atoms with Crippen molar-refractivity contribution in [1.82, 2.24) is 25.0 Å². The highest BCUT2D eigenvalue weighted by Gasteiger charge is 2.43. The molecule has 0 spiro atoms. The van der Waals surface area contributed by atoms with Crippen LogP contribution in [0.5, 0.6) is 0 Å². The Morgan fingerprint density at radius 2 is 2.16 bits per heavy atom. The lowest BCUT2D eigenvalue weighted by molar-refractivity contribution is -0.127. The summed E-state index contributed by atoms with van der Waals surface area (Å²) in [6.07, 6.45) is 7.89. The van der Waals surface area contributed by atoms with Crippen molar-refractivity contribution in [3.63, 3.8) is 0 Å². The minimum Gasteiger partial charge on any atom is -0.469 e. The molecule has 3 aromatic rings. The van der Waals surface area contributed by atoms with Crippen molar-refractivity contribution in [2.24, 2.45) is 5.92 Å². The smallest absolute Gasteiger partial charge is 0.251 e. The number of pyridine rings is 1. The van der Waals surface area contributed by atoms with Gasteiger partial charge in [0.15, 0.2) is 0 Å². The summed E-state index contributed by atoms with van der Waals surface area (Å²) in [5, 5.41) is 9.93. The highest BCUT2D eigenvalue weighted by Crippen LogP contribution is 2.41. The number of furan rings is 1. The van der Waals surface area contributed by atoms with Crippen molar-refractivity contribution in [2.45, 2.75) is 31.2 Å². The van der Waals surface area contributed by atoms with Gasteiger partial charge in [0.05, 0.1) is 12.5 Å². The van der Waals surface area contributed by atoms with E-state index in [9.17, 15) is 9.59 Å². The highest BCUT2D eigenvalue weighted by molar-refractivity contribution is 5.81. The Hall–Kier alpha value is -3.13. The molecule has 162 valence electrons. The second-order valence-electron chi connectivity index (χ2n) is 8.53. The molecule has 1 fully saturated rings. The molecule has 0 unspecified atom stereocenters. The zero-order chi connectivity index (χ0) is 21.2. The van der Waals surface area contributed by atoms with Crippen molar-refractivity contribution < 1.29 is 9.21 Å². The van der Waals surface area contributed by atoms with E-state index >= 15 is 0 Å². The molecular weight excluding hydrogens is 394 g/mol. The number of carbonyl (C=O) groups is 1. The van der Waals surface area contributed by atoms with E-state index in [1.165, 1.54) is 5.56 Å². The molecule has 1 saturated heterocycles. The maximum Gasteiger partial charge on any atom is 0.251 e. The Kier molecular flexibility index (Phi) is 5.46. The first-order valence-electron chi connectivity index (χ1n) is 10.9. The Morgan fingerprint density at radius 1 is 1.23 bits per heavy atom. The Morgan fingerprint density at radius 3 is 2.97 bits per heavy atom. The molecule has 0 radical (unpaired) electrons. The van der Waals surface area contributed by atoms with Crippen LogP contribution in [0.3, 0.4) is 0 Å². The summed E-state index contributed by atoms with van der Waals surface area (Å²) in [4.78, 5) is 28.5. The molecular formula is C23H27N5O3. The van der Waals surface area contributed by atoms with E-state index in [1.54, 1.807) is 16.9 Å². The fourth-order valence-electron chi connectivity index (χ4n) is 5.12. The summed E-state index contributed by atoms with van der Waals surface area (Å²) in [6, 6.07) is 8.64. The third-order valence-corrected chi connectivity index (χ3v) is 6.51. The quantitative estimate of drug-likeness (QED) is 0.606. The second kappa shape index (κ2) is 8.55. The van der Waals surface area contributed by atoms with E-state index in [4.69, 9.17) is 4.42 Å². The fourth-order valence-corrected chi connectivity index (χ4v) is 5.12. The van der Waals surface area contributed by atoms with Gasteiger partial charge in [0, 0.05) is 62.4 Å². The van der Waals surface area contributed by atoms with E-state index in [0.29, 0.717) is 13.0 Å². The molecule has 5 heterocycles. The first kappa shape index (κ1) is 19.8. The standard InChI is InChI=1S/C23H27N5O3/c29-21-5-1-4-20-17-11-18(15-27(14-17)9-7-16-12-25-26-13-16)22(28(20)21)23(30)24-8-6-19-3-2-10-31-19/h1-5,10,12-13,17-18,22H,6-9,11,14-15H2,(H,24,30)(H,25,26)/t17-,18+,22+/m0/s1. The summed E-state index contributed by atoms with van der Waals surface area (Å²) in [5.74, 6) is 1.13. The van der Waals surface area contributed by atoms with Gasteiger partial charge in [-0.3, -0.25) is 19.3 Å². The van der Waals surface area contributed by atoms with Crippen LogP contribution in [0.4, 0.5) is 0 Å². The number of aromatic nitrogens is 3. The number of piperidine rings is 1. The highest BCUT2D eigenvalue weighted by atomic mass is 16.3. The normalized spacial score (nSPS) is 22.8. The summed E-state index contributed by atoms with van der Waals surface area (Å²) in [7, 11) is 0. The molecule has 31 heavy (non-hydrogen) atoms. The molecule has 3 aromatic heterocycles. The zero-order valence-electron chi connectivity index (χ0n) is 17.4. The van der Waals surface area contributed by atoms with Gasteiger partial charge in [-0.15, -0.1) is 0 Å². The minimum absolute atomic E-state index is 0.0822. The predicted octanol–water partition coefficient (Wildman–Crippen LogP) is 1.73. The van der Waals surface area contributed by atoms with Gasteiger partial charge < -0.3 is 14.6 Å². The minimum atomic E-state index is -0.478. The third kappa shape index (κ3) is 4.07. The molecule has 8 heteroatoms. The van der Waals surface area contributed by atoms with E-state index in [2.05, 4.69) is 20.4 Å². The molecule has 1 amide bonds. The van der Waals surface area contributed by atoms with E-state index < -0.39 is 6.04 Å². The van der Waals surface area contributed by atoms with Gasteiger partial charge in [-0.25, -0.2) is 0 Å². The molecule has 2 bridgehead atoms. The van der Waals surface area contributed by atoms with Crippen LogP contribution < -0.4 is 10.9 Å². The van der Waals surface area contributed by atoms with Gasteiger partial charge in [0.2, 0.25) is 5.91 Å². The van der Waals surface area contributed by atoms with Crippen molar-refractivity contribution >= 4 is 5.91 Å². The molecule has 2 aliphatic heterocycles. The Balaban J connectivity index is 1.34. The number of aromatic amines is 1. The molecule has 3 atom stereocenters. The van der Waals surface area contributed by atoms with Gasteiger partial charge in [-0.2, -0.15) is 5.10 Å². The topological polar surface area (TPSA) is 96.2 Å². The van der Waals surface area contributed by atoms with Crippen LogP contribution in [0.2, 0.25) is 0 Å². The lowest BCUT2D eigenvalue weighted by Gasteiger charge is -2.46. The number of amides is 1. The number of nitrogens with zero attached hydrogens (tertiary/aromatic N) is 3. The molecule has 0 aliphatic carbocycles. The molecule has 2 N–H and O–H groups in total. The van der Waals surface area contributed by atoms with Crippen LogP contribution in [0.25, 0.3) is 0 Å². The third-order valence-electron chi connectivity index (χ3n) is 6.51. The Labute approximate surface area is 180 Å². The van der Waals surface area contributed by atoms with Gasteiger partial charge >= 0.3 is 0 Å². The lowest BCUT2D eigenvalue weighted by Crippen LogP contribution is -2.53. The number of likely N-dealkylation sites (tertiary alicyclic amines) is 1. The van der Waals surface area contributed by atoms with Gasteiger partial charge in [0.25, 0.3) is 5.56 Å². The average molecular weight is 422 g/mol. The van der Waals surface area contributed by atoms with Gasteiger partial charge in [-0.1, -0.05) is 6.07 Å². The van der Waals surface area contributed by atoms with Crippen molar-refractivity contribution in [3.05, 3.63) is 76.4 Å². The number of nitrogens with one attached hydrogen (secondary N) is 2. The number of hydrogen-bond donors (Lipinski definition) is 2. The largest absolute Gasteiger partial charge is 0.469 e. The summed E-state index contributed by atoms with van der Waals surface area (Å²) in [5.41, 5.74) is 2.06. The monoisotopic (exact) mass is 421 g/mol. The molecule has 5 rings (SSSR count). The maximum absolute atomic E-state index is 13.3. The van der Waals surface area contributed by atoms with Crippen LogP contribution >= 0.6 is 0 Å². The summed E-state index contributed by atoms with van der Waals surface area (Å²) >= 11 is 0. The van der Waals surface area contributed by atoms with Gasteiger partial charge in [-0.05, 0) is 36.6 Å². The molecule has 0 aromatic carbocycles. The van der Waals surface area contributed by atoms with E-state index in [0.717, 1.165) is 43.9 Å². The number of fused-ring (bicyclic) bond motifs is 4. The van der Waals surface area contributed by atoms with Crippen LogP contribution in [0.15, 0.2) is 58.2 Å². The summed E-state index contributed by atoms with van der Waals surface area (Å²) in [6.45, 7) is 3.12. The van der Waals surface area contributed by atoms with Crippen molar-refractivity contribution in [2.75, 3.05) is 26.2 Å². The van der Waals surface area contributed by atoms with Crippen LogP contribution in [0, 0.1) is 5.92 Å². The first-order valence-corrected chi connectivity index (χ1v) is 10.9. The summed E-state index contributed by atoms with van der Waals surface area (Å²) < 4.78 is 7.10. The molecule has 8 nitrogen and oxygen atoms in total. The Bertz CT molecular complexity index is 1070. The SMILES string of the molecule is O=C(NCCc1ccco1)[C@H]1[C@@H]2C[C@@H](CN(CCc3cn[nH]c3)C2)c2cccc(=O)n21. The number of rotatable bonds is 7. The maximum atomic E-state index is 13.3. The van der Waals surface area contributed by atoms with Crippen LogP contribution in [0.1, 0.15) is 35.4 Å². The molecule has 0 saturated carbocycles. The molecule has 2 aliphatic rings. The predicted molar refractivity (Wildman–Crippen MR) is 115 cm³/mol. The average Bonchev–Trinajstić information content (AvgIpc) is 3.47. The second-order valence-corrected chi connectivity index (χ2v) is 8.53. The number of H-pyrrole nitrogens is 1. The first-order chi connectivity index (χ1) is 15.2. The van der Waals surface area contributed by atoms with Crippen LogP contribution in [-0.4, -0.2) is 51.8 Å². The van der Waals surface area contributed by atoms with Crippen molar-refractivity contribution in [1.29, 1.82) is 0 Å². The van der Waals surface area contributed by atoms with Crippen molar-refractivity contribution in [3.8, 4) is 0 Å². The fraction of sp³-hybridized carbons (Fsp3) is 0.435. The lowest BCUT2D eigenvalue weighted by atomic mass is 9.78. The van der Waals surface area contributed by atoms with E-state index in [-0.39, 0.29) is 23.3 Å². The zero-order valence-corrected chi connectivity index (χ0v) is 17.4. The van der Waals surface area contributed by atoms with E-state index in [1.807, 2.05) is 36.7 Å². The number of carbonyl (C=O) groups excluding carboxylic acids is 1. The number of hydrogen-bond acceptors (Lipinski definition) is 5.